The van der Waals surface area contributed by atoms with Gasteiger partial charge in [-0.05, 0) is 70.6 Å². The summed E-state index contributed by atoms with van der Waals surface area (Å²) in [4.78, 5) is 24.3. The lowest BCUT2D eigenvalue weighted by molar-refractivity contribution is -0.161. The molecule has 0 unspecified atom stereocenters. The van der Waals surface area contributed by atoms with Crippen LogP contribution in [0.1, 0.15) is 206 Å². The quantitative estimate of drug-likeness (QED) is 0.0394. The van der Waals surface area contributed by atoms with Gasteiger partial charge in [0.25, 0.3) is 0 Å². The van der Waals surface area contributed by atoms with Crippen molar-refractivity contribution in [3.63, 3.8) is 0 Å². The third-order valence-electron chi connectivity index (χ3n) is 9.11. The van der Waals surface area contributed by atoms with E-state index in [2.05, 4.69) is 62.5 Å². The number of carbonyl (C=O) groups excluding carboxylic acids is 2. The fraction of sp³-hybridized carbons (Fsp3) is 0.778. The largest absolute Gasteiger partial charge is 0.462 e. The van der Waals surface area contributed by atoms with E-state index in [4.69, 9.17) is 9.47 Å². The Labute approximate surface area is 309 Å². The zero-order chi connectivity index (χ0) is 36.4. The van der Waals surface area contributed by atoms with Crippen LogP contribution >= 0.6 is 0 Å². The van der Waals surface area contributed by atoms with Gasteiger partial charge in [0, 0.05) is 12.8 Å². The zero-order valence-corrected chi connectivity index (χ0v) is 32.9. The second kappa shape index (κ2) is 41.3. The van der Waals surface area contributed by atoms with Crippen molar-refractivity contribution >= 4 is 11.9 Å². The number of hydrogen-bond donors (Lipinski definition) is 1. The van der Waals surface area contributed by atoms with Crippen LogP contribution in [0, 0.1) is 0 Å². The highest BCUT2D eigenvalue weighted by molar-refractivity contribution is 5.70. The molecule has 0 aliphatic carbocycles. The summed E-state index contributed by atoms with van der Waals surface area (Å²) in [5, 5.41) is 9.57. The number of unbranched alkanes of at least 4 members (excludes halogenated alkanes) is 22. The smallest absolute Gasteiger partial charge is 0.306 e. The number of aliphatic hydroxyl groups excluding tert-OH is 1. The van der Waals surface area contributed by atoms with Gasteiger partial charge in [-0.2, -0.15) is 0 Å². The molecule has 5 heteroatoms. The summed E-state index contributed by atoms with van der Waals surface area (Å²) in [5.41, 5.74) is 0. The van der Waals surface area contributed by atoms with Gasteiger partial charge in [-0.3, -0.25) is 9.59 Å². The minimum atomic E-state index is -0.780. The Balaban J connectivity index is 3.54. The molecule has 50 heavy (non-hydrogen) atoms. The van der Waals surface area contributed by atoms with Crippen molar-refractivity contribution in [2.45, 2.75) is 213 Å². The average Bonchev–Trinajstić information content (AvgIpc) is 3.12. The number of aliphatic hydroxyl groups is 1. The summed E-state index contributed by atoms with van der Waals surface area (Å²) in [6.45, 7) is 4.01. The van der Waals surface area contributed by atoms with Gasteiger partial charge in [0.05, 0.1) is 6.61 Å². The second-order valence-corrected chi connectivity index (χ2v) is 14.0. The van der Waals surface area contributed by atoms with Crippen LogP contribution < -0.4 is 0 Å². The van der Waals surface area contributed by atoms with Crippen molar-refractivity contribution in [1.29, 1.82) is 0 Å². The van der Waals surface area contributed by atoms with Crippen LogP contribution in [0.25, 0.3) is 0 Å². The lowest BCUT2D eigenvalue weighted by atomic mass is 10.0. The Bertz CT molecular complexity index is 842. The van der Waals surface area contributed by atoms with E-state index >= 15 is 0 Å². The van der Waals surface area contributed by atoms with Gasteiger partial charge in [-0.15, -0.1) is 0 Å². The summed E-state index contributed by atoms with van der Waals surface area (Å²) in [6.07, 6.45) is 51.8. The van der Waals surface area contributed by atoms with Crippen molar-refractivity contribution in [2.24, 2.45) is 0 Å². The number of carbonyl (C=O) groups is 2. The third-order valence-corrected chi connectivity index (χ3v) is 9.11. The molecule has 0 aromatic carbocycles. The number of esters is 2. The van der Waals surface area contributed by atoms with E-state index < -0.39 is 6.10 Å². The van der Waals surface area contributed by atoms with Gasteiger partial charge in [0.1, 0.15) is 6.61 Å². The Kier molecular flexibility index (Phi) is 39.5. The van der Waals surface area contributed by atoms with E-state index in [9.17, 15) is 14.7 Å². The standard InChI is InChI=1S/C45H80O5/c1-3-5-7-9-11-13-15-17-19-20-21-22-23-24-26-27-29-31-33-35-37-39-44(47)49-42-43(41-46)50-45(48)40-38-36-34-32-30-28-25-18-16-14-12-10-8-6-4-2/h6,8,12,14,17-19,25,43,46H,3-5,7,9-11,13,15-16,20-24,26-42H2,1-2H3/b8-6-,14-12-,19-17-,25-18-/t43-/m0/s1. The van der Waals surface area contributed by atoms with Crippen molar-refractivity contribution in [2.75, 3.05) is 13.2 Å². The van der Waals surface area contributed by atoms with Gasteiger partial charge in [0.15, 0.2) is 6.10 Å². The van der Waals surface area contributed by atoms with Crippen LogP contribution in [0.3, 0.4) is 0 Å². The first-order valence-electron chi connectivity index (χ1n) is 21.2. The minimum Gasteiger partial charge on any atom is -0.462 e. The average molecular weight is 701 g/mol. The third kappa shape index (κ3) is 38.7. The zero-order valence-electron chi connectivity index (χ0n) is 32.9. The monoisotopic (exact) mass is 701 g/mol. The summed E-state index contributed by atoms with van der Waals surface area (Å²) in [5.74, 6) is -0.609. The first-order chi connectivity index (χ1) is 24.6. The van der Waals surface area contributed by atoms with Gasteiger partial charge in [-0.1, -0.05) is 172 Å². The Hall–Kier alpha value is -2.14. The Morgan fingerprint density at radius 1 is 0.480 bits per heavy atom. The van der Waals surface area contributed by atoms with Crippen molar-refractivity contribution in [3.8, 4) is 0 Å². The molecule has 0 fully saturated rings. The molecule has 0 amide bonds. The van der Waals surface area contributed by atoms with Crippen LogP contribution in [0.4, 0.5) is 0 Å². The molecule has 0 heterocycles. The number of ether oxygens (including phenoxy) is 2. The maximum absolute atomic E-state index is 12.2. The first kappa shape index (κ1) is 47.9. The van der Waals surface area contributed by atoms with Gasteiger partial charge in [-0.25, -0.2) is 0 Å². The van der Waals surface area contributed by atoms with E-state index in [0.29, 0.717) is 12.8 Å². The van der Waals surface area contributed by atoms with Crippen molar-refractivity contribution < 1.29 is 24.2 Å². The van der Waals surface area contributed by atoms with Crippen LogP contribution in [-0.2, 0) is 19.1 Å². The summed E-state index contributed by atoms with van der Waals surface area (Å²) >= 11 is 0. The Morgan fingerprint density at radius 2 is 0.860 bits per heavy atom. The molecule has 5 nitrogen and oxygen atoms in total. The lowest BCUT2D eigenvalue weighted by Crippen LogP contribution is -2.28. The maximum Gasteiger partial charge on any atom is 0.306 e. The molecule has 0 bridgehead atoms. The highest BCUT2D eigenvalue weighted by atomic mass is 16.6. The summed E-state index contributed by atoms with van der Waals surface area (Å²) < 4.78 is 10.6. The molecule has 0 radical (unpaired) electrons. The molecule has 0 spiro atoms. The van der Waals surface area contributed by atoms with E-state index in [0.717, 1.165) is 70.6 Å². The maximum atomic E-state index is 12.2. The Morgan fingerprint density at radius 3 is 1.32 bits per heavy atom. The van der Waals surface area contributed by atoms with Crippen molar-refractivity contribution in [1.82, 2.24) is 0 Å². The fourth-order valence-corrected chi connectivity index (χ4v) is 5.92. The van der Waals surface area contributed by atoms with Gasteiger partial charge >= 0.3 is 11.9 Å². The highest BCUT2D eigenvalue weighted by Crippen LogP contribution is 2.14. The number of hydrogen-bond acceptors (Lipinski definition) is 5. The summed E-state index contributed by atoms with van der Waals surface area (Å²) in [7, 11) is 0. The van der Waals surface area contributed by atoms with Gasteiger partial charge < -0.3 is 14.6 Å². The highest BCUT2D eigenvalue weighted by Gasteiger charge is 2.16. The molecule has 0 saturated heterocycles. The molecule has 290 valence electrons. The second-order valence-electron chi connectivity index (χ2n) is 14.0. The molecule has 0 aliphatic heterocycles. The molecule has 1 atom stereocenters. The van der Waals surface area contributed by atoms with E-state index in [1.165, 1.54) is 109 Å². The normalized spacial score (nSPS) is 12.6. The first-order valence-corrected chi connectivity index (χ1v) is 21.2. The molecule has 0 rings (SSSR count). The predicted octanol–water partition coefficient (Wildman–Crippen LogP) is 13.4. The SMILES string of the molecule is CC/C=C\C/C=C\C/C=C\CCCCCCCC(=O)O[C@@H](CO)COC(=O)CCCCCCCCCCCCC/C=C\CCCCCCCC. The molecule has 0 saturated carbocycles. The predicted molar refractivity (Wildman–Crippen MR) is 214 cm³/mol. The lowest BCUT2D eigenvalue weighted by Gasteiger charge is -2.15. The molecule has 0 aliphatic rings. The van der Waals surface area contributed by atoms with Crippen LogP contribution in [0.5, 0.6) is 0 Å². The number of rotatable bonds is 38. The molecule has 0 aromatic heterocycles. The van der Waals surface area contributed by atoms with Crippen LogP contribution in [0.15, 0.2) is 48.6 Å². The van der Waals surface area contributed by atoms with Gasteiger partial charge in [0.2, 0.25) is 0 Å². The molecule has 0 aromatic rings. The van der Waals surface area contributed by atoms with Crippen LogP contribution in [-0.4, -0.2) is 36.4 Å². The molecule has 1 N–H and O–H groups in total. The number of allylic oxidation sites excluding steroid dienone is 8. The summed E-state index contributed by atoms with van der Waals surface area (Å²) in [6, 6.07) is 0. The molecular formula is C45H80O5. The van der Waals surface area contributed by atoms with E-state index in [-0.39, 0.29) is 25.2 Å². The van der Waals surface area contributed by atoms with Crippen molar-refractivity contribution in [3.05, 3.63) is 48.6 Å². The molecular weight excluding hydrogens is 620 g/mol. The van der Waals surface area contributed by atoms with Crippen LogP contribution in [0.2, 0.25) is 0 Å². The minimum absolute atomic E-state index is 0.0732. The topological polar surface area (TPSA) is 72.8 Å². The van der Waals surface area contributed by atoms with E-state index in [1.807, 2.05) is 0 Å². The fourth-order valence-electron chi connectivity index (χ4n) is 5.92. The van der Waals surface area contributed by atoms with E-state index in [1.54, 1.807) is 0 Å².